The highest BCUT2D eigenvalue weighted by atomic mass is 35.5. The summed E-state index contributed by atoms with van der Waals surface area (Å²) in [7, 11) is 0. The van der Waals surface area contributed by atoms with Crippen LogP contribution in [0, 0.1) is 11.6 Å². The maximum Gasteiger partial charge on any atom is 0.244 e. The molecule has 0 atom stereocenters. The van der Waals surface area contributed by atoms with E-state index in [9.17, 15) is 18.4 Å². The number of halogens is 4. The van der Waals surface area contributed by atoms with Gasteiger partial charge >= 0.3 is 0 Å². The number of nitrogens with zero attached hydrogens (tertiary/aromatic N) is 1. The van der Waals surface area contributed by atoms with E-state index in [4.69, 9.17) is 23.2 Å². The lowest BCUT2D eigenvalue weighted by Gasteiger charge is -2.21. The van der Waals surface area contributed by atoms with Gasteiger partial charge in [-0.2, -0.15) is 0 Å². The van der Waals surface area contributed by atoms with Crippen molar-refractivity contribution >= 4 is 46.4 Å². The summed E-state index contributed by atoms with van der Waals surface area (Å²) in [5.74, 6) is -3.03. The number of hydrogen-bond donors (Lipinski definition) is 1. The monoisotopic (exact) mass is 372 g/mol. The van der Waals surface area contributed by atoms with Gasteiger partial charge in [0.1, 0.15) is 23.9 Å². The van der Waals surface area contributed by atoms with Gasteiger partial charge < -0.3 is 10.2 Å². The first-order valence-electron chi connectivity index (χ1n) is 6.76. The van der Waals surface area contributed by atoms with Crippen LogP contribution in [0.4, 0.5) is 20.2 Å². The highest BCUT2D eigenvalue weighted by Crippen LogP contribution is 2.27. The molecule has 0 aliphatic heterocycles. The fraction of sp³-hybridized carbons (Fsp3) is 0.125. The van der Waals surface area contributed by atoms with E-state index in [1.807, 2.05) is 0 Å². The van der Waals surface area contributed by atoms with Crippen LogP contribution in [0.2, 0.25) is 10.0 Å². The highest BCUT2D eigenvalue weighted by Gasteiger charge is 2.19. The lowest BCUT2D eigenvalue weighted by atomic mass is 10.2. The summed E-state index contributed by atoms with van der Waals surface area (Å²) >= 11 is 11.7. The smallest absolute Gasteiger partial charge is 0.244 e. The maximum absolute atomic E-state index is 13.6. The average molecular weight is 373 g/mol. The van der Waals surface area contributed by atoms with Crippen LogP contribution in [0.3, 0.4) is 0 Å². The first-order valence-corrected chi connectivity index (χ1v) is 7.52. The van der Waals surface area contributed by atoms with E-state index in [0.29, 0.717) is 10.7 Å². The van der Waals surface area contributed by atoms with Gasteiger partial charge in [0, 0.05) is 12.6 Å². The third-order valence-corrected chi connectivity index (χ3v) is 3.86. The lowest BCUT2D eigenvalue weighted by molar-refractivity contribution is -0.120. The van der Waals surface area contributed by atoms with Crippen molar-refractivity contribution in [3.8, 4) is 0 Å². The second-order valence-electron chi connectivity index (χ2n) is 4.85. The predicted octanol–water partition coefficient (Wildman–Crippen LogP) is 4.26. The van der Waals surface area contributed by atoms with Crippen LogP contribution in [0.5, 0.6) is 0 Å². The quantitative estimate of drug-likeness (QED) is 0.871. The molecular formula is C16H12Cl2F2N2O2. The molecule has 0 saturated heterocycles. The summed E-state index contributed by atoms with van der Waals surface area (Å²) in [6, 6.07) is 7.61. The molecule has 2 rings (SSSR count). The minimum atomic E-state index is -0.910. The molecule has 0 heterocycles. The fourth-order valence-corrected chi connectivity index (χ4v) is 2.27. The molecule has 0 aromatic heterocycles. The molecule has 0 fully saturated rings. The average Bonchev–Trinajstić information content (AvgIpc) is 2.51. The van der Waals surface area contributed by atoms with Crippen molar-refractivity contribution in [2.45, 2.75) is 6.92 Å². The Bertz CT molecular complexity index is 779. The van der Waals surface area contributed by atoms with Gasteiger partial charge in [-0.25, -0.2) is 8.78 Å². The normalized spacial score (nSPS) is 10.4. The molecule has 0 bridgehead atoms. The molecule has 126 valence electrons. The number of amides is 2. The molecule has 1 N–H and O–H groups in total. The Morgan fingerprint density at radius 2 is 1.71 bits per heavy atom. The number of para-hydroxylation sites is 1. The first kappa shape index (κ1) is 18.2. The van der Waals surface area contributed by atoms with E-state index in [1.165, 1.54) is 31.2 Å². The number of nitrogens with one attached hydrogen (secondary N) is 1. The van der Waals surface area contributed by atoms with Crippen molar-refractivity contribution < 1.29 is 18.4 Å². The van der Waals surface area contributed by atoms with E-state index in [-0.39, 0.29) is 5.02 Å². The van der Waals surface area contributed by atoms with E-state index in [0.717, 1.165) is 17.0 Å². The van der Waals surface area contributed by atoms with Crippen LogP contribution in [-0.2, 0) is 9.59 Å². The number of carbonyl (C=O) groups is 2. The molecule has 0 aliphatic carbocycles. The molecule has 0 saturated carbocycles. The molecule has 0 aliphatic rings. The number of carbonyl (C=O) groups excluding carboxylic acids is 2. The Labute approximate surface area is 147 Å². The Morgan fingerprint density at radius 1 is 1.08 bits per heavy atom. The van der Waals surface area contributed by atoms with Gasteiger partial charge in [0.25, 0.3) is 0 Å². The van der Waals surface area contributed by atoms with Crippen LogP contribution < -0.4 is 10.2 Å². The zero-order valence-electron chi connectivity index (χ0n) is 12.4. The van der Waals surface area contributed by atoms with E-state index in [1.54, 1.807) is 0 Å². The second kappa shape index (κ2) is 7.59. The second-order valence-corrected chi connectivity index (χ2v) is 5.66. The molecule has 2 aromatic carbocycles. The lowest BCUT2D eigenvalue weighted by Crippen LogP contribution is -2.37. The molecule has 0 radical (unpaired) electrons. The number of benzene rings is 2. The first-order chi connectivity index (χ1) is 11.3. The molecular weight excluding hydrogens is 361 g/mol. The predicted molar refractivity (Wildman–Crippen MR) is 89.5 cm³/mol. The van der Waals surface area contributed by atoms with Gasteiger partial charge in [-0.15, -0.1) is 0 Å². The standard InChI is InChI=1S/C16H12Cl2F2N2O2/c1-9(23)22(10-5-6-11(17)12(18)7-10)8-15(24)21-16-13(19)3-2-4-14(16)20/h2-7H,8H2,1H3,(H,21,24). The van der Waals surface area contributed by atoms with Crippen molar-refractivity contribution in [3.05, 3.63) is 58.1 Å². The van der Waals surface area contributed by atoms with E-state index < -0.39 is 35.7 Å². The molecule has 0 unspecified atom stereocenters. The van der Waals surface area contributed by atoms with Gasteiger partial charge in [0.15, 0.2) is 0 Å². The molecule has 8 heteroatoms. The van der Waals surface area contributed by atoms with Crippen LogP contribution in [-0.4, -0.2) is 18.4 Å². The van der Waals surface area contributed by atoms with Gasteiger partial charge in [-0.05, 0) is 30.3 Å². The summed E-state index contributed by atoms with van der Waals surface area (Å²) in [6.07, 6.45) is 0. The van der Waals surface area contributed by atoms with Gasteiger partial charge in [0.2, 0.25) is 11.8 Å². The number of rotatable bonds is 4. The zero-order chi connectivity index (χ0) is 17.9. The summed E-state index contributed by atoms with van der Waals surface area (Å²) in [4.78, 5) is 25.0. The third kappa shape index (κ3) is 4.21. The molecule has 2 amide bonds. The van der Waals surface area contributed by atoms with Gasteiger partial charge in [0.05, 0.1) is 10.0 Å². The number of anilines is 2. The topological polar surface area (TPSA) is 49.4 Å². The van der Waals surface area contributed by atoms with Gasteiger partial charge in [-0.3, -0.25) is 9.59 Å². The van der Waals surface area contributed by atoms with Crippen LogP contribution in [0.25, 0.3) is 0 Å². The molecule has 2 aromatic rings. The molecule has 4 nitrogen and oxygen atoms in total. The zero-order valence-corrected chi connectivity index (χ0v) is 14.0. The Balaban J connectivity index is 2.20. The Hall–Kier alpha value is -2.18. The van der Waals surface area contributed by atoms with Gasteiger partial charge in [-0.1, -0.05) is 29.3 Å². The van der Waals surface area contributed by atoms with Crippen LogP contribution in [0.15, 0.2) is 36.4 Å². The largest absolute Gasteiger partial charge is 0.320 e. The minimum Gasteiger partial charge on any atom is -0.320 e. The summed E-state index contributed by atoms with van der Waals surface area (Å²) in [5, 5.41) is 2.62. The Kier molecular flexibility index (Phi) is 5.75. The van der Waals surface area contributed by atoms with E-state index in [2.05, 4.69) is 5.32 Å². The van der Waals surface area contributed by atoms with Crippen LogP contribution >= 0.6 is 23.2 Å². The highest BCUT2D eigenvalue weighted by molar-refractivity contribution is 6.42. The molecule has 24 heavy (non-hydrogen) atoms. The van der Waals surface area contributed by atoms with Crippen LogP contribution in [0.1, 0.15) is 6.92 Å². The summed E-state index contributed by atoms with van der Waals surface area (Å²) in [5.41, 5.74) is -0.235. The summed E-state index contributed by atoms with van der Waals surface area (Å²) in [6.45, 7) is 0.806. The molecule has 0 spiro atoms. The third-order valence-electron chi connectivity index (χ3n) is 3.12. The van der Waals surface area contributed by atoms with Crippen molar-refractivity contribution in [3.63, 3.8) is 0 Å². The fourth-order valence-electron chi connectivity index (χ4n) is 1.98. The summed E-state index contributed by atoms with van der Waals surface area (Å²) < 4.78 is 27.1. The van der Waals surface area contributed by atoms with E-state index >= 15 is 0 Å². The minimum absolute atomic E-state index is 0.209. The number of hydrogen-bond acceptors (Lipinski definition) is 2. The SMILES string of the molecule is CC(=O)N(CC(=O)Nc1c(F)cccc1F)c1ccc(Cl)c(Cl)c1. The van der Waals surface area contributed by atoms with Crippen molar-refractivity contribution in [1.82, 2.24) is 0 Å². The van der Waals surface area contributed by atoms with Crippen molar-refractivity contribution in [1.29, 1.82) is 0 Å². The Morgan fingerprint density at radius 3 is 2.25 bits per heavy atom. The van der Waals surface area contributed by atoms with Crippen molar-refractivity contribution in [2.75, 3.05) is 16.8 Å². The van der Waals surface area contributed by atoms with Crippen molar-refractivity contribution in [2.24, 2.45) is 0 Å². The maximum atomic E-state index is 13.6.